The zero-order valence-corrected chi connectivity index (χ0v) is 21.6. The molecule has 1 aliphatic rings. The molecule has 0 radical (unpaired) electrons. The van der Waals surface area contributed by atoms with E-state index in [9.17, 15) is 10.2 Å². The fraction of sp³-hybridized carbons (Fsp3) is 0.161. The van der Waals surface area contributed by atoms with Crippen LogP contribution in [0.4, 0.5) is 34.1 Å². The van der Waals surface area contributed by atoms with Crippen molar-refractivity contribution in [1.82, 2.24) is 0 Å². The number of rotatable bonds is 8. The van der Waals surface area contributed by atoms with Crippen LogP contribution in [0.25, 0.3) is 21.5 Å². The highest BCUT2D eigenvalue weighted by Gasteiger charge is 2.33. The summed E-state index contributed by atoms with van der Waals surface area (Å²) < 4.78 is 0. The normalized spacial score (nSPS) is 14.2. The third kappa shape index (κ3) is 4.77. The van der Waals surface area contributed by atoms with Gasteiger partial charge in [-0.3, -0.25) is 0 Å². The largest absolute Gasteiger partial charge is 0.396 e. The number of fused-ring (bicyclic) bond motifs is 1. The Kier molecular flexibility index (Phi) is 6.91. The van der Waals surface area contributed by atoms with Crippen molar-refractivity contribution in [2.24, 2.45) is 20.5 Å². The quantitative estimate of drug-likeness (QED) is 0.139. The van der Waals surface area contributed by atoms with E-state index in [2.05, 4.69) is 31.1 Å². The molecule has 5 N–H and O–H groups in total. The Bertz CT molecular complexity index is 1730. The van der Waals surface area contributed by atoms with Crippen LogP contribution in [0.15, 0.2) is 111 Å². The first-order chi connectivity index (χ1) is 19.6. The predicted molar refractivity (Wildman–Crippen MR) is 158 cm³/mol. The van der Waals surface area contributed by atoms with Crippen LogP contribution in [0.2, 0.25) is 0 Å². The minimum atomic E-state index is -1.04. The lowest BCUT2D eigenvalue weighted by Gasteiger charge is -2.38. The van der Waals surface area contributed by atoms with Gasteiger partial charge in [-0.2, -0.15) is 5.11 Å². The van der Waals surface area contributed by atoms with Gasteiger partial charge >= 0.3 is 0 Å². The first-order valence-electron chi connectivity index (χ1n) is 13.0. The van der Waals surface area contributed by atoms with Gasteiger partial charge in [0.15, 0.2) is 5.66 Å². The standard InChI is InChI=1S/C31H28N6O3/c38-17-16-20-8-10-21(11-9-20)34-35-25-12-13-26(23-5-2-1-4-22(23)25)36-37-27-14-15-29-30-24(27)6-3-7-28(30)32-31(18-39,19-40)33-29/h1-15,32-33,38-40H,16-19H2. The minimum Gasteiger partial charge on any atom is -0.396 e. The molecule has 0 unspecified atom stereocenters. The number of hydrogen-bond acceptors (Lipinski definition) is 9. The number of hydrogen-bond donors (Lipinski definition) is 5. The van der Waals surface area contributed by atoms with Crippen LogP contribution in [-0.4, -0.2) is 40.8 Å². The molecule has 0 fully saturated rings. The SMILES string of the molecule is OCCc1ccc(N=Nc2ccc(N=Nc3ccc4c5c(cccc35)NC(CO)(CO)N4)c3ccccc23)cc1. The zero-order chi connectivity index (χ0) is 27.5. The van der Waals surface area contributed by atoms with E-state index >= 15 is 0 Å². The molecule has 0 saturated heterocycles. The second-order valence-corrected chi connectivity index (χ2v) is 9.70. The van der Waals surface area contributed by atoms with Crippen molar-refractivity contribution in [3.63, 3.8) is 0 Å². The Morgan fingerprint density at radius 2 is 1.10 bits per heavy atom. The van der Waals surface area contributed by atoms with E-state index in [0.29, 0.717) is 17.8 Å². The Hall–Kier alpha value is -4.70. The summed E-state index contributed by atoms with van der Waals surface area (Å²) in [6, 6.07) is 28.9. The average molecular weight is 533 g/mol. The van der Waals surface area contributed by atoms with Crippen molar-refractivity contribution in [3.8, 4) is 0 Å². The molecule has 1 heterocycles. The van der Waals surface area contributed by atoms with Gasteiger partial charge in [-0.1, -0.05) is 48.5 Å². The van der Waals surface area contributed by atoms with E-state index in [1.54, 1.807) is 0 Å². The van der Waals surface area contributed by atoms with Gasteiger partial charge in [0, 0.05) is 39.5 Å². The third-order valence-electron chi connectivity index (χ3n) is 7.06. The number of anilines is 2. The summed E-state index contributed by atoms with van der Waals surface area (Å²) in [5.74, 6) is 0. The number of benzene rings is 5. The topological polar surface area (TPSA) is 134 Å². The maximum atomic E-state index is 9.87. The van der Waals surface area contributed by atoms with E-state index in [4.69, 9.17) is 5.11 Å². The number of aliphatic hydroxyl groups is 3. The maximum Gasteiger partial charge on any atom is 0.155 e. The molecule has 0 bridgehead atoms. The molecule has 0 spiro atoms. The lowest BCUT2D eigenvalue weighted by Crippen LogP contribution is -2.54. The van der Waals surface area contributed by atoms with E-state index in [0.717, 1.165) is 49.9 Å². The first-order valence-corrected chi connectivity index (χ1v) is 13.0. The maximum absolute atomic E-state index is 9.87. The average Bonchev–Trinajstić information content (AvgIpc) is 3.00. The Balaban J connectivity index is 1.32. The number of azo groups is 2. The highest BCUT2D eigenvalue weighted by Crippen LogP contribution is 2.42. The van der Waals surface area contributed by atoms with Gasteiger partial charge in [0.25, 0.3) is 0 Å². The summed E-state index contributed by atoms with van der Waals surface area (Å²) >= 11 is 0. The van der Waals surface area contributed by atoms with Crippen LogP contribution in [0.3, 0.4) is 0 Å². The summed E-state index contributed by atoms with van der Waals surface area (Å²) in [7, 11) is 0. The molecule has 0 amide bonds. The third-order valence-corrected chi connectivity index (χ3v) is 7.06. The van der Waals surface area contributed by atoms with Crippen LogP contribution < -0.4 is 10.6 Å². The predicted octanol–water partition coefficient (Wildman–Crippen LogP) is 6.88. The van der Waals surface area contributed by atoms with Crippen molar-refractivity contribution in [3.05, 3.63) is 96.6 Å². The fourth-order valence-corrected chi connectivity index (χ4v) is 4.96. The van der Waals surface area contributed by atoms with Crippen molar-refractivity contribution in [1.29, 1.82) is 0 Å². The molecule has 5 aromatic carbocycles. The number of nitrogens with zero attached hydrogens (tertiary/aromatic N) is 4. The molecule has 5 aromatic rings. The molecule has 0 atom stereocenters. The van der Waals surface area contributed by atoms with Crippen molar-refractivity contribution in [2.45, 2.75) is 12.1 Å². The Morgan fingerprint density at radius 3 is 1.73 bits per heavy atom. The van der Waals surface area contributed by atoms with Crippen molar-refractivity contribution >= 4 is 55.7 Å². The molecule has 200 valence electrons. The number of aliphatic hydroxyl groups excluding tert-OH is 3. The van der Waals surface area contributed by atoms with E-state index in [1.165, 1.54) is 0 Å². The van der Waals surface area contributed by atoms with E-state index < -0.39 is 5.66 Å². The van der Waals surface area contributed by atoms with Gasteiger partial charge in [0.2, 0.25) is 0 Å². The van der Waals surface area contributed by atoms with Crippen LogP contribution in [0.1, 0.15) is 5.56 Å². The minimum absolute atomic E-state index is 0.114. The van der Waals surface area contributed by atoms with Gasteiger partial charge < -0.3 is 26.0 Å². The monoisotopic (exact) mass is 532 g/mol. The Morgan fingerprint density at radius 1 is 0.550 bits per heavy atom. The number of nitrogens with one attached hydrogen (secondary N) is 2. The van der Waals surface area contributed by atoms with Crippen molar-refractivity contribution in [2.75, 3.05) is 30.5 Å². The molecule has 9 heteroatoms. The molecule has 0 saturated carbocycles. The van der Waals surface area contributed by atoms with Gasteiger partial charge in [-0.05, 0) is 54.4 Å². The summed E-state index contributed by atoms with van der Waals surface area (Å²) in [4.78, 5) is 0. The highest BCUT2D eigenvalue weighted by molar-refractivity contribution is 6.10. The van der Waals surface area contributed by atoms with Gasteiger partial charge in [-0.15, -0.1) is 15.3 Å². The lowest BCUT2D eigenvalue weighted by atomic mass is 9.99. The van der Waals surface area contributed by atoms with Crippen molar-refractivity contribution < 1.29 is 15.3 Å². The summed E-state index contributed by atoms with van der Waals surface area (Å²) in [6.45, 7) is -0.440. The van der Waals surface area contributed by atoms with Gasteiger partial charge in [0.1, 0.15) is 0 Å². The molecule has 6 rings (SSSR count). The lowest BCUT2D eigenvalue weighted by molar-refractivity contribution is 0.152. The zero-order valence-electron chi connectivity index (χ0n) is 21.6. The van der Waals surface area contributed by atoms with Crippen LogP contribution in [0, 0.1) is 0 Å². The summed E-state index contributed by atoms with van der Waals surface area (Å²) in [5.41, 5.74) is 4.48. The second kappa shape index (κ2) is 10.8. The first kappa shape index (κ1) is 25.6. The van der Waals surface area contributed by atoms with Gasteiger partial charge in [0.05, 0.1) is 36.0 Å². The molecular weight excluding hydrogens is 504 g/mol. The smallest absolute Gasteiger partial charge is 0.155 e. The Labute approximate surface area is 230 Å². The highest BCUT2D eigenvalue weighted by atomic mass is 16.3. The van der Waals surface area contributed by atoms with E-state index in [-0.39, 0.29) is 19.8 Å². The van der Waals surface area contributed by atoms with Crippen LogP contribution in [0.5, 0.6) is 0 Å². The molecular formula is C31H28N6O3. The molecule has 0 aromatic heterocycles. The summed E-state index contributed by atoms with van der Waals surface area (Å²) in [6.07, 6.45) is 0.612. The van der Waals surface area contributed by atoms with Crippen LogP contribution in [-0.2, 0) is 6.42 Å². The molecule has 40 heavy (non-hydrogen) atoms. The van der Waals surface area contributed by atoms with Crippen LogP contribution >= 0.6 is 0 Å². The molecule has 9 nitrogen and oxygen atoms in total. The van der Waals surface area contributed by atoms with Gasteiger partial charge in [-0.25, -0.2) is 0 Å². The molecule has 0 aliphatic carbocycles. The second-order valence-electron chi connectivity index (χ2n) is 9.70. The molecule has 1 aliphatic heterocycles. The fourth-order valence-electron chi connectivity index (χ4n) is 4.96. The summed E-state index contributed by atoms with van der Waals surface area (Å²) in [5, 5.41) is 57.1. The van der Waals surface area contributed by atoms with E-state index in [1.807, 2.05) is 91.0 Å².